The van der Waals surface area contributed by atoms with Gasteiger partial charge in [0.15, 0.2) is 0 Å². The Bertz CT molecular complexity index is 1310. The number of pyridine rings is 1. The predicted octanol–water partition coefficient (Wildman–Crippen LogP) is 3.51. The zero-order valence-corrected chi connectivity index (χ0v) is 19.8. The summed E-state index contributed by atoms with van der Waals surface area (Å²) in [5.41, 5.74) is 2.90. The van der Waals surface area contributed by atoms with Gasteiger partial charge in [-0.3, -0.25) is 9.48 Å². The van der Waals surface area contributed by atoms with E-state index >= 15 is 0 Å². The molecular formula is C23H26FN5O3S. The summed E-state index contributed by atoms with van der Waals surface area (Å²) in [6.07, 6.45) is 2.77. The number of anilines is 1. The summed E-state index contributed by atoms with van der Waals surface area (Å²) >= 11 is 0. The minimum absolute atomic E-state index is 0.161. The second-order valence-electron chi connectivity index (χ2n) is 9.13. The van der Waals surface area contributed by atoms with Gasteiger partial charge in [0.2, 0.25) is 15.9 Å². The van der Waals surface area contributed by atoms with Gasteiger partial charge in [0.25, 0.3) is 0 Å². The molecule has 0 saturated carbocycles. The maximum Gasteiger partial charge on any atom is 0.230 e. The van der Waals surface area contributed by atoms with E-state index in [2.05, 4.69) is 10.3 Å². The van der Waals surface area contributed by atoms with Crippen LogP contribution in [0.2, 0.25) is 0 Å². The highest BCUT2D eigenvalue weighted by atomic mass is 32.2. The van der Waals surface area contributed by atoms with E-state index in [-0.39, 0.29) is 18.3 Å². The van der Waals surface area contributed by atoms with Crippen LogP contribution in [0.3, 0.4) is 0 Å². The first kappa shape index (κ1) is 23.1. The van der Waals surface area contributed by atoms with Crippen LogP contribution in [0.15, 0.2) is 42.6 Å². The van der Waals surface area contributed by atoms with Crippen molar-refractivity contribution in [1.29, 1.82) is 0 Å². The fourth-order valence-corrected chi connectivity index (χ4v) is 4.42. The number of hydrogen-bond donors (Lipinski definition) is 1. The number of benzene rings is 1. The van der Waals surface area contributed by atoms with E-state index in [0.29, 0.717) is 30.2 Å². The van der Waals surface area contributed by atoms with Crippen molar-refractivity contribution in [3.63, 3.8) is 0 Å². The smallest absolute Gasteiger partial charge is 0.230 e. The van der Waals surface area contributed by atoms with Crippen LogP contribution in [0, 0.1) is 11.2 Å². The van der Waals surface area contributed by atoms with Gasteiger partial charge in [-0.15, -0.1) is 0 Å². The van der Waals surface area contributed by atoms with Crippen molar-refractivity contribution in [3.05, 3.63) is 54.1 Å². The zero-order valence-electron chi connectivity index (χ0n) is 19.0. The molecule has 8 nitrogen and oxygen atoms in total. The lowest BCUT2D eigenvalue weighted by atomic mass is 9.95. The molecule has 0 atom stereocenters. The summed E-state index contributed by atoms with van der Waals surface area (Å²) in [5, 5.41) is 7.57. The summed E-state index contributed by atoms with van der Waals surface area (Å²) in [7, 11) is -3.40. The first-order chi connectivity index (χ1) is 15.4. The van der Waals surface area contributed by atoms with Gasteiger partial charge in [0.05, 0.1) is 25.0 Å². The molecule has 1 aliphatic heterocycles. The van der Waals surface area contributed by atoms with E-state index in [1.54, 1.807) is 35.1 Å². The Kier molecular flexibility index (Phi) is 5.83. The number of hydrogen-bond acceptors (Lipinski definition) is 5. The van der Waals surface area contributed by atoms with Crippen molar-refractivity contribution in [1.82, 2.24) is 19.1 Å². The Balaban J connectivity index is 1.85. The molecule has 33 heavy (non-hydrogen) atoms. The molecule has 0 fully saturated rings. The predicted molar refractivity (Wildman–Crippen MR) is 124 cm³/mol. The van der Waals surface area contributed by atoms with Crippen LogP contribution in [0.4, 0.5) is 10.2 Å². The lowest BCUT2D eigenvalue weighted by Gasteiger charge is -2.26. The van der Waals surface area contributed by atoms with E-state index in [9.17, 15) is 17.6 Å². The monoisotopic (exact) mass is 471 g/mol. The van der Waals surface area contributed by atoms with Crippen molar-refractivity contribution in [2.24, 2.45) is 5.41 Å². The molecule has 0 bridgehead atoms. The number of rotatable bonds is 4. The molecule has 2 aromatic heterocycles. The Labute approximate surface area is 192 Å². The number of carbonyl (C=O) groups excluding carboxylic acids is 1. The molecule has 0 aliphatic carbocycles. The highest BCUT2D eigenvalue weighted by Gasteiger charge is 2.30. The van der Waals surface area contributed by atoms with Gasteiger partial charge in [-0.25, -0.2) is 17.8 Å². The first-order valence-electron chi connectivity index (χ1n) is 10.5. The second-order valence-corrected chi connectivity index (χ2v) is 11.1. The number of aromatic nitrogens is 3. The molecule has 174 valence electrons. The molecule has 1 amide bonds. The van der Waals surface area contributed by atoms with Crippen molar-refractivity contribution >= 4 is 21.7 Å². The second kappa shape index (κ2) is 8.35. The summed E-state index contributed by atoms with van der Waals surface area (Å²) < 4.78 is 41.2. The third kappa shape index (κ3) is 4.81. The molecule has 1 N–H and O–H groups in total. The van der Waals surface area contributed by atoms with Crippen LogP contribution in [0.5, 0.6) is 0 Å². The van der Waals surface area contributed by atoms with Gasteiger partial charge in [0, 0.05) is 29.3 Å². The Morgan fingerprint density at radius 2 is 1.79 bits per heavy atom. The fraction of sp³-hybridized carbons (Fsp3) is 0.348. The SMILES string of the molecule is CC(C)(C)C(=O)Nc1cc(-c2c(-c3ccc(F)cc3)nn3c2CN(S(C)(=O)=O)CC3)ccn1. The number of carbonyl (C=O) groups is 1. The molecular weight excluding hydrogens is 445 g/mol. The topological polar surface area (TPSA) is 97.2 Å². The Hall–Kier alpha value is -3.11. The quantitative estimate of drug-likeness (QED) is 0.628. The van der Waals surface area contributed by atoms with Gasteiger partial charge in [-0.05, 0) is 42.0 Å². The van der Waals surface area contributed by atoms with E-state index in [4.69, 9.17) is 5.10 Å². The van der Waals surface area contributed by atoms with Gasteiger partial charge >= 0.3 is 0 Å². The minimum atomic E-state index is -3.40. The average molecular weight is 472 g/mol. The third-order valence-electron chi connectivity index (χ3n) is 5.50. The number of nitrogens with zero attached hydrogens (tertiary/aromatic N) is 4. The van der Waals surface area contributed by atoms with Gasteiger partial charge in [0.1, 0.15) is 17.3 Å². The molecule has 1 aliphatic rings. The van der Waals surface area contributed by atoms with Gasteiger partial charge in [-0.2, -0.15) is 9.40 Å². The largest absolute Gasteiger partial charge is 0.310 e. The van der Waals surface area contributed by atoms with Crippen LogP contribution in [-0.2, 0) is 27.9 Å². The third-order valence-corrected chi connectivity index (χ3v) is 6.75. The standard InChI is InChI=1S/C23H26FN5O3S/c1-23(2,3)22(30)26-19-13-16(9-10-25-19)20-18-14-28(33(4,31)32)11-12-29(18)27-21(20)15-5-7-17(24)8-6-15/h5-10,13H,11-12,14H2,1-4H3,(H,25,26,30). The lowest BCUT2D eigenvalue weighted by Crippen LogP contribution is -2.37. The highest BCUT2D eigenvalue weighted by Crippen LogP contribution is 2.37. The first-order valence-corrected chi connectivity index (χ1v) is 12.4. The summed E-state index contributed by atoms with van der Waals surface area (Å²) in [4.78, 5) is 16.7. The lowest BCUT2D eigenvalue weighted by molar-refractivity contribution is -0.123. The van der Waals surface area contributed by atoms with Crippen LogP contribution in [-0.4, -0.2) is 46.2 Å². The van der Waals surface area contributed by atoms with Gasteiger partial charge in [-0.1, -0.05) is 20.8 Å². The molecule has 3 heterocycles. The summed E-state index contributed by atoms with van der Waals surface area (Å²) in [6, 6.07) is 9.55. The average Bonchev–Trinajstić information content (AvgIpc) is 3.12. The van der Waals surface area contributed by atoms with Crippen LogP contribution in [0.1, 0.15) is 26.5 Å². The van der Waals surface area contributed by atoms with Gasteiger partial charge < -0.3 is 5.32 Å². The molecule has 0 spiro atoms. The fourth-order valence-electron chi connectivity index (χ4n) is 3.65. The van der Waals surface area contributed by atoms with Crippen molar-refractivity contribution in [2.75, 3.05) is 18.1 Å². The number of amides is 1. The van der Waals surface area contributed by atoms with Crippen molar-refractivity contribution in [2.45, 2.75) is 33.9 Å². The molecule has 0 radical (unpaired) electrons. The van der Waals surface area contributed by atoms with E-state index < -0.39 is 15.4 Å². The molecule has 4 rings (SSSR count). The summed E-state index contributed by atoms with van der Waals surface area (Å²) in [5.74, 6) is -0.150. The zero-order chi connectivity index (χ0) is 24.0. The van der Waals surface area contributed by atoms with E-state index in [1.165, 1.54) is 22.7 Å². The Morgan fingerprint density at radius 3 is 2.42 bits per heavy atom. The summed E-state index contributed by atoms with van der Waals surface area (Å²) in [6.45, 7) is 6.31. The molecule has 0 unspecified atom stereocenters. The van der Waals surface area contributed by atoms with Crippen LogP contribution < -0.4 is 5.32 Å². The number of fused-ring (bicyclic) bond motifs is 1. The van der Waals surface area contributed by atoms with Crippen molar-refractivity contribution < 1.29 is 17.6 Å². The minimum Gasteiger partial charge on any atom is -0.310 e. The number of nitrogens with one attached hydrogen (secondary N) is 1. The Morgan fingerprint density at radius 1 is 1.09 bits per heavy atom. The van der Waals surface area contributed by atoms with Crippen LogP contribution >= 0.6 is 0 Å². The van der Waals surface area contributed by atoms with E-state index in [0.717, 1.165) is 16.8 Å². The maximum absolute atomic E-state index is 13.6. The van der Waals surface area contributed by atoms with E-state index in [1.807, 2.05) is 20.8 Å². The molecule has 3 aromatic rings. The molecule has 0 saturated heterocycles. The normalized spacial score (nSPS) is 14.7. The van der Waals surface area contributed by atoms with Crippen LogP contribution in [0.25, 0.3) is 22.4 Å². The maximum atomic E-state index is 13.6. The highest BCUT2D eigenvalue weighted by molar-refractivity contribution is 7.88. The molecule has 10 heteroatoms. The molecule has 1 aromatic carbocycles. The number of halogens is 1. The number of sulfonamides is 1. The van der Waals surface area contributed by atoms with Crippen molar-refractivity contribution in [3.8, 4) is 22.4 Å².